The van der Waals surface area contributed by atoms with E-state index in [-0.39, 0.29) is 0 Å². The zero-order valence-electron chi connectivity index (χ0n) is 8.22. The van der Waals surface area contributed by atoms with Crippen molar-refractivity contribution in [1.29, 1.82) is 0 Å². The van der Waals surface area contributed by atoms with Crippen molar-refractivity contribution in [3.63, 3.8) is 0 Å². The lowest BCUT2D eigenvalue weighted by Gasteiger charge is -1.97. The lowest BCUT2D eigenvalue weighted by Crippen LogP contribution is -1.83. The molecule has 0 heteroatoms. The Labute approximate surface area is 71.0 Å². The maximum absolute atomic E-state index is 2.26. The highest BCUT2D eigenvalue weighted by atomic mass is 13.9. The van der Waals surface area contributed by atoms with Gasteiger partial charge in [0.1, 0.15) is 0 Å². The van der Waals surface area contributed by atoms with E-state index in [1.54, 1.807) is 0 Å². The summed E-state index contributed by atoms with van der Waals surface area (Å²) in [5, 5.41) is 0. The molecular weight excluding hydrogens is 132 g/mol. The highest BCUT2D eigenvalue weighted by molar-refractivity contribution is 5.07. The SMILES string of the molecule is CC(C)=CC=CCCC(C)C. The Balaban J connectivity index is 3.38. The molecule has 0 aromatic heterocycles. The number of rotatable bonds is 4. The standard InChI is InChI=1S/C11H20/c1-10(2)8-6-5-7-9-11(3)4/h5-6,8,11H,7,9H2,1-4H3. The van der Waals surface area contributed by atoms with Gasteiger partial charge in [-0.05, 0) is 32.6 Å². The molecule has 11 heavy (non-hydrogen) atoms. The molecule has 0 aliphatic carbocycles. The molecule has 0 rings (SSSR count). The normalized spacial score (nSPS) is 11.0. The van der Waals surface area contributed by atoms with Crippen LogP contribution in [0.2, 0.25) is 0 Å². The fourth-order valence-corrected chi connectivity index (χ4v) is 0.786. The average molecular weight is 152 g/mol. The van der Waals surface area contributed by atoms with Crippen LogP contribution in [-0.4, -0.2) is 0 Å². The van der Waals surface area contributed by atoms with Crippen LogP contribution in [0.25, 0.3) is 0 Å². The molecule has 0 N–H and O–H groups in total. The molecule has 0 aliphatic rings. The van der Waals surface area contributed by atoms with E-state index in [9.17, 15) is 0 Å². The summed E-state index contributed by atoms with van der Waals surface area (Å²) in [6, 6.07) is 0. The summed E-state index contributed by atoms with van der Waals surface area (Å²) in [5.41, 5.74) is 1.37. The summed E-state index contributed by atoms with van der Waals surface area (Å²) in [5.74, 6) is 0.825. The van der Waals surface area contributed by atoms with Gasteiger partial charge >= 0.3 is 0 Å². The van der Waals surface area contributed by atoms with Crippen LogP contribution in [0.3, 0.4) is 0 Å². The minimum atomic E-state index is 0.825. The molecule has 0 fully saturated rings. The molecule has 0 aromatic carbocycles. The third kappa shape index (κ3) is 9.48. The molecule has 0 aliphatic heterocycles. The van der Waals surface area contributed by atoms with Crippen molar-refractivity contribution >= 4 is 0 Å². The van der Waals surface area contributed by atoms with Crippen LogP contribution in [0, 0.1) is 5.92 Å². The molecular formula is C11H20. The molecule has 0 unspecified atom stereocenters. The van der Waals surface area contributed by atoms with Gasteiger partial charge in [-0.15, -0.1) is 0 Å². The van der Waals surface area contributed by atoms with Gasteiger partial charge in [0.15, 0.2) is 0 Å². The molecule has 0 bridgehead atoms. The topological polar surface area (TPSA) is 0 Å². The summed E-state index contributed by atoms with van der Waals surface area (Å²) in [6.07, 6.45) is 9.06. The van der Waals surface area contributed by atoms with Gasteiger partial charge in [-0.3, -0.25) is 0 Å². The minimum Gasteiger partial charge on any atom is -0.0845 e. The molecule has 0 amide bonds. The molecule has 0 nitrogen and oxygen atoms in total. The predicted molar refractivity (Wildman–Crippen MR) is 52.6 cm³/mol. The van der Waals surface area contributed by atoms with E-state index in [2.05, 4.69) is 45.9 Å². The van der Waals surface area contributed by atoms with Gasteiger partial charge in [-0.1, -0.05) is 37.6 Å². The maximum atomic E-state index is 2.26. The molecule has 0 saturated heterocycles. The van der Waals surface area contributed by atoms with E-state index >= 15 is 0 Å². The number of hydrogen-bond acceptors (Lipinski definition) is 0. The Kier molecular flexibility index (Phi) is 5.91. The second-order valence-electron chi connectivity index (χ2n) is 3.64. The maximum Gasteiger partial charge on any atom is -0.0345 e. The molecule has 0 aromatic rings. The van der Waals surface area contributed by atoms with E-state index < -0.39 is 0 Å². The Hall–Kier alpha value is -0.520. The Bertz CT molecular complexity index is 134. The average Bonchev–Trinajstić information content (AvgIpc) is 1.85. The zero-order chi connectivity index (χ0) is 8.69. The molecule has 0 heterocycles. The first-order valence-corrected chi connectivity index (χ1v) is 4.43. The van der Waals surface area contributed by atoms with Crippen LogP contribution in [0.1, 0.15) is 40.5 Å². The van der Waals surface area contributed by atoms with Gasteiger partial charge in [0.25, 0.3) is 0 Å². The highest BCUT2D eigenvalue weighted by Crippen LogP contribution is 2.03. The van der Waals surface area contributed by atoms with Gasteiger partial charge in [0, 0.05) is 0 Å². The van der Waals surface area contributed by atoms with Crippen LogP contribution >= 0.6 is 0 Å². The van der Waals surface area contributed by atoms with E-state index in [0.29, 0.717) is 0 Å². The van der Waals surface area contributed by atoms with Crippen molar-refractivity contribution in [2.75, 3.05) is 0 Å². The highest BCUT2D eigenvalue weighted by Gasteiger charge is 1.88. The first-order valence-electron chi connectivity index (χ1n) is 4.43. The third-order valence-electron chi connectivity index (χ3n) is 1.48. The Morgan fingerprint density at radius 1 is 1.27 bits per heavy atom. The smallest absolute Gasteiger partial charge is 0.0345 e. The van der Waals surface area contributed by atoms with Crippen molar-refractivity contribution in [1.82, 2.24) is 0 Å². The first-order chi connectivity index (χ1) is 5.13. The second kappa shape index (κ2) is 6.21. The van der Waals surface area contributed by atoms with Crippen LogP contribution in [0.5, 0.6) is 0 Å². The van der Waals surface area contributed by atoms with Gasteiger partial charge in [-0.2, -0.15) is 0 Å². The molecule has 64 valence electrons. The van der Waals surface area contributed by atoms with Crippen molar-refractivity contribution in [2.24, 2.45) is 5.92 Å². The van der Waals surface area contributed by atoms with E-state index in [1.807, 2.05) is 0 Å². The second-order valence-corrected chi connectivity index (χ2v) is 3.64. The monoisotopic (exact) mass is 152 g/mol. The summed E-state index contributed by atoms with van der Waals surface area (Å²) in [6.45, 7) is 8.75. The Morgan fingerprint density at radius 2 is 1.91 bits per heavy atom. The largest absolute Gasteiger partial charge is 0.0845 e. The lowest BCUT2D eigenvalue weighted by atomic mass is 10.1. The zero-order valence-corrected chi connectivity index (χ0v) is 8.22. The summed E-state index contributed by atoms with van der Waals surface area (Å²) < 4.78 is 0. The fourth-order valence-electron chi connectivity index (χ4n) is 0.786. The van der Waals surface area contributed by atoms with Crippen molar-refractivity contribution in [2.45, 2.75) is 40.5 Å². The molecule has 0 atom stereocenters. The van der Waals surface area contributed by atoms with Crippen LogP contribution < -0.4 is 0 Å². The van der Waals surface area contributed by atoms with E-state index in [1.165, 1.54) is 18.4 Å². The lowest BCUT2D eigenvalue weighted by molar-refractivity contribution is 0.594. The quantitative estimate of drug-likeness (QED) is 0.535. The minimum absolute atomic E-state index is 0.825. The number of allylic oxidation sites excluding steroid dienone is 4. The third-order valence-corrected chi connectivity index (χ3v) is 1.48. The van der Waals surface area contributed by atoms with Crippen LogP contribution in [-0.2, 0) is 0 Å². The van der Waals surface area contributed by atoms with Gasteiger partial charge < -0.3 is 0 Å². The summed E-state index contributed by atoms with van der Waals surface area (Å²) in [4.78, 5) is 0. The van der Waals surface area contributed by atoms with Gasteiger partial charge in [0.05, 0.1) is 0 Å². The first kappa shape index (κ1) is 10.5. The molecule has 0 spiro atoms. The van der Waals surface area contributed by atoms with Crippen molar-refractivity contribution in [3.05, 3.63) is 23.8 Å². The molecule has 0 radical (unpaired) electrons. The van der Waals surface area contributed by atoms with Crippen LogP contribution in [0.15, 0.2) is 23.8 Å². The Morgan fingerprint density at radius 3 is 2.36 bits per heavy atom. The van der Waals surface area contributed by atoms with Crippen molar-refractivity contribution in [3.8, 4) is 0 Å². The van der Waals surface area contributed by atoms with E-state index in [4.69, 9.17) is 0 Å². The molecule has 0 saturated carbocycles. The van der Waals surface area contributed by atoms with Gasteiger partial charge in [0.2, 0.25) is 0 Å². The van der Waals surface area contributed by atoms with Gasteiger partial charge in [-0.25, -0.2) is 0 Å². The predicted octanol–water partition coefficient (Wildman–Crippen LogP) is 3.95. The summed E-state index contributed by atoms with van der Waals surface area (Å²) in [7, 11) is 0. The number of hydrogen-bond donors (Lipinski definition) is 0. The van der Waals surface area contributed by atoms with E-state index in [0.717, 1.165) is 5.92 Å². The summed E-state index contributed by atoms with van der Waals surface area (Å²) >= 11 is 0. The van der Waals surface area contributed by atoms with Crippen LogP contribution in [0.4, 0.5) is 0 Å². The fraction of sp³-hybridized carbons (Fsp3) is 0.636. The van der Waals surface area contributed by atoms with Crippen molar-refractivity contribution < 1.29 is 0 Å².